The molecular weight excluding hydrogens is 346 g/mol. The zero-order valence-corrected chi connectivity index (χ0v) is 15.8. The Hall–Kier alpha value is -2.96. The maximum absolute atomic E-state index is 12.8. The Balaban J connectivity index is 1.66. The van der Waals surface area contributed by atoms with E-state index in [1.54, 1.807) is 29.2 Å². The van der Waals surface area contributed by atoms with Crippen LogP contribution in [0.5, 0.6) is 6.01 Å². The number of amides is 1. The highest BCUT2D eigenvalue weighted by Gasteiger charge is 2.26. The van der Waals surface area contributed by atoms with E-state index >= 15 is 0 Å². The molecule has 1 aliphatic heterocycles. The molecule has 2 aromatic rings. The van der Waals surface area contributed by atoms with Crippen molar-refractivity contribution in [3.8, 4) is 6.01 Å². The van der Waals surface area contributed by atoms with Crippen LogP contribution in [0.3, 0.4) is 0 Å². The van der Waals surface area contributed by atoms with Crippen molar-refractivity contribution in [2.24, 2.45) is 0 Å². The second-order valence-electron chi connectivity index (χ2n) is 6.64. The number of carbonyl (C=O) groups is 2. The Bertz CT molecular complexity index is 815. The number of likely N-dealkylation sites (tertiary alicyclic amines) is 1. The SMILES string of the molecule is COC(=O)c1ccc(C(=O)N2CCCC(Oc3nc(C)cc(C)n3)C2)cc1. The summed E-state index contributed by atoms with van der Waals surface area (Å²) in [5, 5.41) is 0. The van der Waals surface area contributed by atoms with Gasteiger partial charge < -0.3 is 14.4 Å². The highest BCUT2D eigenvalue weighted by Crippen LogP contribution is 2.18. The van der Waals surface area contributed by atoms with E-state index in [4.69, 9.17) is 4.74 Å². The molecule has 0 N–H and O–H groups in total. The summed E-state index contributed by atoms with van der Waals surface area (Å²) < 4.78 is 10.6. The summed E-state index contributed by atoms with van der Waals surface area (Å²) in [6.07, 6.45) is 1.56. The molecule has 2 heterocycles. The van der Waals surface area contributed by atoms with Gasteiger partial charge in [-0.25, -0.2) is 14.8 Å². The molecule has 7 nitrogen and oxygen atoms in total. The third-order valence-electron chi connectivity index (χ3n) is 4.45. The van der Waals surface area contributed by atoms with Gasteiger partial charge in [-0.1, -0.05) is 0 Å². The van der Waals surface area contributed by atoms with Crippen LogP contribution in [0.15, 0.2) is 30.3 Å². The molecule has 1 aromatic carbocycles. The third kappa shape index (κ3) is 4.61. The van der Waals surface area contributed by atoms with Crippen molar-refractivity contribution in [1.82, 2.24) is 14.9 Å². The van der Waals surface area contributed by atoms with Crippen molar-refractivity contribution >= 4 is 11.9 Å². The smallest absolute Gasteiger partial charge is 0.337 e. The van der Waals surface area contributed by atoms with Gasteiger partial charge in [0.1, 0.15) is 6.10 Å². The minimum Gasteiger partial charge on any atom is -0.465 e. The van der Waals surface area contributed by atoms with Gasteiger partial charge in [0.05, 0.1) is 19.2 Å². The number of piperidine rings is 1. The molecule has 0 spiro atoms. The minimum atomic E-state index is -0.422. The van der Waals surface area contributed by atoms with E-state index in [1.165, 1.54) is 7.11 Å². The van der Waals surface area contributed by atoms with E-state index in [-0.39, 0.29) is 12.0 Å². The monoisotopic (exact) mass is 369 g/mol. The lowest BCUT2D eigenvalue weighted by molar-refractivity contribution is 0.0514. The van der Waals surface area contributed by atoms with Gasteiger partial charge in [0.25, 0.3) is 5.91 Å². The molecule has 1 atom stereocenters. The standard InChI is InChI=1S/C20H23N3O4/c1-13-11-14(2)22-20(21-13)27-17-5-4-10-23(12-17)18(24)15-6-8-16(9-7-15)19(25)26-3/h6-9,11,17H,4-5,10,12H2,1-3H3. The number of aromatic nitrogens is 2. The lowest BCUT2D eigenvalue weighted by atomic mass is 10.1. The molecule has 3 rings (SSSR count). The van der Waals surface area contributed by atoms with Crippen LogP contribution in [-0.4, -0.2) is 53.0 Å². The van der Waals surface area contributed by atoms with Gasteiger partial charge in [0.2, 0.25) is 0 Å². The van der Waals surface area contributed by atoms with Gasteiger partial charge in [0.15, 0.2) is 0 Å². The number of nitrogens with zero attached hydrogens (tertiary/aromatic N) is 3. The Morgan fingerprint density at radius 2 is 1.70 bits per heavy atom. The molecule has 1 saturated heterocycles. The van der Waals surface area contributed by atoms with E-state index in [9.17, 15) is 9.59 Å². The number of benzene rings is 1. The highest BCUT2D eigenvalue weighted by molar-refractivity contribution is 5.96. The molecule has 142 valence electrons. The Morgan fingerprint density at radius 1 is 1.07 bits per heavy atom. The first-order valence-corrected chi connectivity index (χ1v) is 8.93. The number of hydrogen-bond donors (Lipinski definition) is 0. The first-order valence-electron chi connectivity index (χ1n) is 8.93. The van der Waals surface area contributed by atoms with Crippen LogP contribution in [0.4, 0.5) is 0 Å². The van der Waals surface area contributed by atoms with Crippen LogP contribution in [0.2, 0.25) is 0 Å². The van der Waals surface area contributed by atoms with Crippen molar-refractivity contribution in [2.75, 3.05) is 20.2 Å². The molecule has 1 amide bonds. The van der Waals surface area contributed by atoms with Gasteiger partial charge in [0, 0.05) is 23.5 Å². The van der Waals surface area contributed by atoms with E-state index in [1.807, 2.05) is 19.9 Å². The Morgan fingerprint density at radius 3 is 2.33 bits per heavy atom. The third-order valence-corrected chi connectivity index (χ3v) is 4.45. The zero-order chi connectivity index (χ0) is 19.4. The van der Waals surface area contributed by atoms with Gasteiger partial charge in [-0.15, -0.1) is 0 Å². The maximum Gasteiger partial charge on any atom is 0.337 e. The van der Waals surface area contributed by atoms with Crippen molar-refractivity contribution in [3.05, 3.63) is 52.8 Å². The predicted octanol–water partition coefficient (Wildman–Crippen LogP) is 2.56. The number of methoxy groups -OCH3 is 1. The second-order valence-corrected chi connectivity index (χ2v) is 6.64. The van der Waals surface area contributed by atoms with Gasteiger partial charge in [-0.2, -0.15) is 0 Å². The lowest BCUT2D eigenvalue weighted by Crippen LogP contribution is -2.44. The van der Waals surface area contributed by atoms with E-state index in [2.05, 4.69) is 14.7 Å². The molecule has 1 unspecified atom stereocenters. The van der Waals surface area contributed by atoms with Gasteiger partial charge in [-0.3, -0.25) is 4.79 Å². The van der Waals surface area contributed by atoms with Crippen LogP contribution in [0.25, 0.3) is 0 Å². The average Bonchev–Trinajstić information content (AvgIpc) is 2.66. The largest absolute Gasteiger partial charge is 0.465 e. The fourth-order valence-electron chi connectivity index (χ4n) is 3.16. The predicted molar refractivity (Wildman–Crippen MR) is 98.8 cm³/mol. The van der Waals surface area contributed by atoms with E-state index < -0.39 is 5.97 Å². The molecule has 0 bridgehead atoms. The number of rotatable bonds is 4. The van der Waals surface area contributed by atoms with Gasteiger partial charge in [-0.05, 0) is 57.0 Å². The summed E-state index contributed by atoms with van der Waals surface area (Å²) in [5.74, 6) is -0.505. The number of aryl methyl sites for hydroxylation is 2. The quantitative estimate of drug-likeness (QED) is 0.771. The normalized spacial score (nSPS) is 16.7. The summed E-state index contributed by atoms with van der Waals surface area (Å²) in [6, 6.07) is 8.73. The van der Waals surface area contributed by atoms with Crippen LogP contribution >= 0.6 is 0 Å². The van der Waals surface area contributed by atoms with Gasteiger partial charge >= 0.3 is 12.0 Å². The summed E-state index contributed by atoms with van der Waals surface area (Å²) in [7, 11) is 1.33. The molecule has 1 aromatic heterocycles. The highest BCUT2D eigenvalue weighted by atomic mass is 16.5. The Kier molecular flexibility index (Phi) is 5.69. The average molecular weight is 369 g/mol. The fourth-order valence-corrected chi connectivity index (χ4v) is 3.16. The molecule has 7 heteroatoms. The summed E-state index contributed by atoms with van der Waals surface area (Å²) in [5.41, 5.74) is 2.66. The molecule has 0 radical (unpaired) electrons. The summed E-state index contributed by atoms with van der Waals surface area (Å²) >= 11 is 0. The summed E-state index contributed by atoms with van der Waals surface area (Å²) in [6.45, 7) is 4.95. The van der Waals surface area contributed by atoms with Crippen LogP contribution in [0.1, 0.15) is 44.9 Å². The molecule has 1 fully saturated rings. The molecule has 27 heavy (non-hydrogen) atoms. The van der Waals surface area contributed by atoms with Crippen molar-refractivity contribution in [2.45, 2.75) is 32.8 Å². The second kappa shape index (κ2) is 8.16. The molecule has 1 aliphatic rings. The number of carbonyl (C=O) groups excluding carboxylic acids is 2. The maximum atomic E-state index is 12.8. The lowest BCUT2D eigenvalue weighted by Gasteiger charge is -2.32. The first kappa shape index (κ1) is 18.8. The number of ether oxygens (including phenoxy) is 2. The fraction of sp³-hybridized carbons (Fsp3) is 0.400. The molecule has 0 saturated carbocycles. The number of hydrogen-bond acceptors (Lipinski definition) is 6. The number of esters is 1. The first-order chi connectivity index (χ1) is 13.0. The molecular formula is C20H23N3O4. The minimum absolute atomic E-state index is 0.0824. The van der Waals surface area contributed by atoms with E-state index in [0.717, 1.165) is 24.2 Å². The van der Waals surface area contributed by atoms with Crippen LogP contribution in [-0.2, 0) is 4.74 Å². The van der Waals surface area contributed by atoms with E-state index in [0.29, 0.717) is 30.2 Å². The topological polar surface area (TPSA) is 81.6 Å². The zero-order valence-electron chi connectivity index (χ0n) is 15.8. The summed E-state index contributed by atoms with van der Waals surface area (Å²) in [4.78, 5) is 34.7. The Labute approximate surface area is 158 Å². The van der Waals surface area contributed by atoms with Crippen LogP contribution in [0, 0.1) is 13.8 Å². The van der Waals surface area contributed by atoms with Crippen molar-refractivity contribution in [1.29, 1.82) is 0 Å². The molecule has 0 aliphatic carbocycles. The van der Waals surface area contributed by atoms with Crippen molar-refractivity contribution in [3.63, 3.8) is 0 Å². The van der Waals surface area contributed by atoms with Crippen LogP contribution < -0.4 is 4.74 Å². The van der Waals surface area contributed by atoms with Crippen molar-refractivity contribution < 1.29 is 19.1 Å².